The number of fused-ring (bicyclic) bond motifs is 1. The second-order valence-electron chi connectivity index (χ2n) is 6.86. The van der Waals surface area contributed by atoms with Crippen molar-refractivity contribution in [3.05, 3.63) is 17.7 Å². The molecule has 2 N–H and O–H groups in total. The van der Waals surface area contributed by atoms with Gasteiger partial charge < -0.3 is 15.0 Å². The Balaban J connectivity index is 1.84. The minimum absolute atomic E-state index is 0.167. The number of hydrogen-bond acceptors (Lipinski definition) is 3. The lowest BCUT2D eigenvalue weighted by atomic mass is 9.92. The standard InChI is InChI=1S/C16H27N3O/c1-12(2)18-16(10-20,13-7-8-13)9-19-11-17-14-5-3-4-6-15(14)19/h11-13,18,20H,3-10H2,1-2H3. The van der Waals surface area contributed by atoms with Crippen molar-refractivity contribution in [3.8, 4) is 0 Å². The second-order valence-corrected chi connectivity index (χ2v) is 6.86. The summed E-state index contributed by atoms with van der Waals surface area (Å²) in [6.45, 7) is 5.39. The van der Waals surface area contributed by atoms with Crippen LogP contribution >= 0.6 is 0 Å². The fourth-order valence-corrected chi connectivity index (χ4v) is 3.70. The molecule has 2 aliphatic rings. The van der Waals surface area contributed by atoms with Crippen molar-refractivity contribution in [1.82, 2.24) is 14.9 Å². The van der Waals surface area contributed by atoms with E-state index in [0.717, 1.165) is 19.4 Å². The molecule has 20 heavy (non-hydrogen) atoms. The van der Waals surface area contributed by atoms with Crippen molar-refractivity contribution >= 4 is 0 Å². The van der Waals surface area contributed by atoms with Gasteiger partial charge in [0.15, 0.2) is 0 Å². The van der Waals surface area contributed by atoms with Gasteiger partial charge in [-0.05, 0) is 44.4 Å². The van der Waals surface area contributed by atoms with E-state index in [4.69, 9.17) is 0 Å². The molecule has 1 unspecified atom stereocenters. The third-order valence-corrected chi connectivity index (χ3v) is 4.78. The van der Waals surface area contributed by atoms with E-state index in [1.165, 1.54) is 37.1 Å². The highest BCUT2D eigenvalue weighted by Crippen LogP contribution is 2.41. The van der Waals surface area contributed by atoms with E-state index in [0.29, 0.717) is 12.0 Å². The second kappa shape index (κ2) is 5.49. The summed E-state index contributed by atoms with van der Waals surface area (Å²) in [5.74, 6) is 0.608. The van der Waals surface area contributed by atoms with Gasteiger partial charge in [0.2, 0.25) is 0 Å². The van der Waals surface area contributed by atoms with Crippen LogP contribution in [0.4, 0.5) is 0 Å². The molecule has 0 radical (unpaired) electrons. The lowest BCUT2D eigenvalue weighted by molar-refractivity contribution is 0.112. The molecule has 3 rings (SSSR count). The van der Waals surface area contributed by atoms with Gasteiger partial charge in [-0.2, -0.15) is 0 Å². The van der Waals surface area contributed by atoms with Crippen LogP contribution < -0.4 is 5.32 Å². The molecule has 0 bridgehead atoms. The van der Waals surface area contributed by atoms with E-state index in [1.807, 2.05) is 6.33 Å². The van der Waals surface area contributed by atoms with Gasteiger partial charge in [0.25, 0.3) is 0 Å². The van der Waals surface area contributed by atoms with E-state index in [2.05, 4.69) is 28.7 Å². The number of rotatable bonds is 6. The molecule has 4 heteroatoms. The van der Waals surface area contributed by atoms with E-state index < -0.39 is 0 Å². The van der Waals surface area contributed by atoms with E-state index in [9.17, 15) is 5.11 Å². The average molecular weight is 277 g/mol. The summed E-state index contributed by atoms with van der Waals surface area (Å²) in [5.41, 5.74) is 2.52. The highest BCUT2D eigenvalue weighted by atomic mass is 16.3. The number of nitrogens with one attached hydrogen (secondary N) is 1. The maximum atomic E-state index is 10.0. The van der Waals surface area contributed by atoms with Gasteiger partial charge >= 0.3 is 0 Å². The summed E-state index contributed by atoms with van der Waals surface area (Å²) in [6, 6.07) is 0.391. The van der Waals surface area contributed by atoms with E-state index in [-0.39, 0.29) is 12.1 Å². The van der Waals surface area contributed by atoms with E-state index in [1.54, 1.807) is 0 Å². The van der Waals surface area contributed by atoms with Crippen LogP contribution in [0, 0.1) is 5.92 Å². The molecule has 1 atom stereocenters. The summed E-state index contributed by atoms with van der Waals surface area (Å²) in [6.07, 6.45) is 9.26. The van der Waals surface area contributed by atoms with Crippen molar-refractivity contribution in [2.45, 2.75) is 70.5 Å². The molecule has 0 aromatic carbocycles. The molecule has 1 fully saturated rings. The van der Waals surface area contributed by atoms with Gasteiger partial charge in [-0.15, -0.1) is 0 Å². The molecule has 1 heterocycles. The van der Waals surface area contributed by atoms with Crippen LogP contribution in [0.25, 0.3) is 0 Å². The zero-order chi connectivity index (χ0) is 14.2. The fourth-order valence-electron chi connectivity index (χ4n) is 3.70. The Hall–Kier alpha value is -0.870. The SMILES string of the molecule is CC(C)NC(CO)(Cn1cnc2c1CCCC2)C1CC1. The van der Waals surface area contributed by atoms with Crippen LogP contribution in [0.1, 0.15) is 50.9 Å². The number of aliphatic hydroxyl groups is 1. The Morgan fingerprint density at radius 3 is 2.80 bits per heavy atom. The van der Waals surface area contributed by atoms with Gasteiger partial charge in [-0.1, -0.05) is 13.8 Å². The molecule has 112 valence electrons. The number of imidazole rings is 1. The minimum atomic E-state index is -0.167. The Kier molecular flexibility index (Phi) is 3.87. The highest BCUT2D eigenvalue weighted by molar-refractivity contribution is 5.17. The third-order valence-electron chi connectivity index (χ3n) is 4.78. The lowest BCUT2D eigenvalue weighted by Crippen LogP contribution is -2.56. The van der Waals surface area contributed by atoms with Gasteiger partial charge in [0.1, 0.15) is 0 Å². The molecule has 0 aliphatic heterocycles. The fraction of sp³-hybridized carbons (Fsp3) is 0.812. The summed E-state index contributed by atoms with van der Waals surface area (Å²) >= 11 is 0. The predicted octanol–water partition coefficient (Wildman–Crippen LogP) is 1.90. The zero-order valence-corrected chi connectivity index (χ0v) is 12.7. The maximum absolute atomic E-state index is 10.0. The van der Waals surface area contributed by atoms with Crippen LogP contribution in [-0.2, 0) is 19.4 Å². The first-order valence-electron chi connectivity index (χ1n) is 8.06. The number of aromatic nitrogens is 2. The quantitative estimate of drug-likeness (QED) is 0.835. The number of nitrogens with zero attached hydrogens (tertiary/aromatic N) is 2. The minimum Gasteiger partial charge on any atom is -0.394 e. The first kappa shape index (κ1) is 14.1. The van der Waals surface area contributed by atoms with Crippen molar-refractivity contribution in [3.63, 3.8) is 0 Å². The molecule has 0 amide bonds. The zero-order valence-electron chi connectivity index (χ0n) is 12.7. The molecular weight excluding hydrogens is 250 g/mol. The Morgan fingerprint density at radius 1 is 1.40 bits per heavy atom. The van der Waals surface area contributed by atoms with Gasteiger partial charge in [-0.25, -0.2) is 4.98 Å². The molecule has 1 aromatic heterocycles. The van der Waals surface area contributed by atoms with Crippen molar-refractivity contribution in [1.29, 1.82) is 0 Å². The molecule has 4 nitrogen and oxygen atoms in total. The monoisotopic (exact) mass is 277 g/mol. The van der Waals surface area contributed by atoms with Gasteiger partial charge in [0, 0.05) is 18.3 Å². The molecule has 1 aromatic rings. The van der Waals surface area contributed by atoms with Crippen LogP contribution in [0.2, 0.25) is 0 Å². The summed E-state index contributed by atoms with van der Waals surface area (Å²) in [7, 11) is 0. The first-order valence-corrected chi connectivity index (χ1v) is 8.06. The Labute approximate surface area is 121 Å². The van der Waals surface area contributed by atoms with Gasteiger partial charge in [-0.3, -0.25) is 0 Å². The van der Waals surface area contributed by atoms with Gasteiger partial charge in [0.05, 0.1) is 24.2 Å². The van der Waals surface area contributed by atoms with Crippen LogP contribution in [0.15, 0.2) is 6.33 Å². The Bertz CT molecular complexity index is 464. The Morgan fingerprint density at radius 2 is 2.15 bits per heavy atom. The normalized spacial score (nSPS) is 21.8. The van der Waals surface area contributed by atoms with Crippen LogP contribution in [-0.4, -0.2) is 32.8 Å². The number of hydrogen-bond donors (Lipinski definition) is 2. The third kappa shape index (κ3) is 2.63. The van der Waals surface area contributed by atoms with E-state index >= 15 is 0 Å². The lowest BCUT2D eigenvalue weighted by Gasteiger charge is -2.36. The maximum Gasteiger partial charge on any atom is 0.0952 e. The number of aliphatic hydroxyl groups excluding tert-OH is 1. The summed E-state index contributed by atoms with van der Waals surface area (Å²) < 4.78 is 2.30. The summed E-state index contributed by atoms with van der Waals surface area (Å²) in [4.78, 5) is 4.59. The molecule has 1 saturated carbocycles. The smallest absolute Gasteiger partial charge is 0.0952 e. The summed E-state index contributed by atoms with van der Waals surface area (Å²) in [5, 5.41) is 13.7. The number of aryl methyl sites for hydroxylation is 1. The van der Waals surface area contributed by atoms with Crippen LogP contribution in [0.5, 0.6) is 0 Å². The van der Waals surface area contributed by atoms with Crippen LogP contribution in [0.3, 0.4) is 0 Å². The molecular formula is C16H27N3O. The highest BCUT2D eigenvalue weighted by Gasteiger charge is 2.45. The van der Waals surface area contributed by atoms with Crippen molar-refractivity contribution in [2.24, 2.45) is 5.92 Å². The van der Waals surface area contributed by atoms with Crippen molar-refractivity contribution < 1.29 is 5.11 Å². The molecule has 0 spiro atoms. The predicted molar refractivity (Wildman–Crippen MR) is 79.7 cm³/mol. The largest absolute Gasteiger partial charge is 0.394 e. The molecule has 0 saturated heterocycles. The molecule has 2 aliphatic carbocycles. The average Bonchev–Trinajstić information content (AvgIpc) is 3.22. The first-order chi connectivity index (χ1) is 9.64. The topological polar surface area (TPSA) is 50.1 Å². The van der Waals surface area contributed by atoms with Crippen molar-refractivity contribution in [2.75, 3.05) is 6.61 Å².